The van der Waals surface area contributed by atoms with Gasteiger partial charge in [0.15, 0.2) is 0 Å². The van der Waals surface area contributed by atoms with Gasteiger partial charge in [0.1, 0.15) is 34.4 Å². The minimum atomic E-state index is -1.28. The number of aromatic hydroxyl groups is 1. The Morgan fingerprint density at radius 3 is 2.62 bits per heavy atom. The lowest BCUT2D eigenvalue weighted by atomic mass is 10.1. The molecule has 1 heterocycles. The Hall–Kier alpha value is -3.23. The van der Waals surface area contributed by atoms with Gasteiger partial charge in [-0.2, -0.15) is 0 Å². The number of carboxylic acids is 1. The van der Waals surface area contributed by atoms with Crippen molar-refractivity contribution in [3.8, 4) is 17.2 Å². The van der Waals surface area contributed by atoms with Gasteiger partial charge in [0.2, 0.25) is 0 Å². The van der Waals surface area contributed by atoms with Crippen molar-refractivity contribution < 1.29 is 24.5 Å². The maximum Gasteiger partial charge on any atom is 0.322 e. The average Bonchev–Trinajstić information content (AvgIpc) is 2.68. The predicted octanol–water partition coefficient (Wildman–Crippen LogP) is 3.16. The number of carbonyl (C=O) groups is 2. The first-order chi connectivity index (χ1) is 13.7. The van der Waals surface area contributed by atoms with E-state index in [2.05, 4.69) is 5.32 Å². The number of amides is 1. The molecule has 0 atom stereocenters. The van der Waals surface area contributed by atoms with Crippen LogP contribution in [0.4, 0.5) is 0 Å². The van der Waals surface area contributed by atoms with Crippen molar-refractivity contribution in [3.63, 3.8) is 0 Å². The first-order valence-electron chi connectivity index (χ1n) is 8.18. The largest absolute Gasteiger partial charge is 0.506 e. The first kappa shape index (κ1) is 20.5. The Morgan fingerprint density at radius 1 is 1.21 bits per heavy atom. The Kier molecular flexibility index (Phi) is 5.67. The maximum absolute atomic E-state index is 12.6. The van der Waals surface area contributed by atoms with E-state index in [1.165, 1.54) is 25.2 Å². The van der Waals surface area contributed by atoms with E-state index in [4.69, 9.17) is 33.0 Å². The molecule has 0 saturated heterocycles. The van der Waals surface area contributed by atoms with Crippen molar-refractivity contribution in [2.75, 3.05) is 6.54 Å². The number of aliphatic carboxylic acids is 1. The third-order valence-electron chi connectivity index (χ3n) is 4.11. The lowest BCUT2D eigenvalue weighted by Crippen LogP contribution is -2.35. The molecule has 0 fully saturated rings. The van der Waals surface area contributed by atoms with Gasteiger partial charge in [0, 0.05) is 18.5 Å². The fourth-order valence-corrected chi connectivity index (χ4v) is 3.03. The molecule has 0 spiro atoms. The van der Waals surface area contributed by atoms with Gasteiger partial charge in [-0.05, 0) is 24.3 Å². The van der Waals surface area contributed by atoms with Crippen molar-refractivity contribution in [1.29, 1.82) is 0 Å². The summed E-state index contributed by atoms with van der Waals surface area (Å²) < 4.78 is 6.87. The van der Waals surface area contributed by atoms with Crippen molar-refractivity contribution >= 4 is 46.0 Å². The summed E-state index contributed by atoms with van der Waals surface area (Å²) in [6.07, 6.45) is 0. The van der Waals surface area contributed by atoms with E-state index in [1.54, 1.807) is 18.2 Å². The molecule has 0 saturated carbocycles. The van der Waals surface area contributed by atoms with Crippen LogP contribution >= 0.6 is 23.2 Å². The second kappa shape index (κ2) is 8.02. The van der Waals surface area contributed by atoms with Crippen LogP contribution in [0.5, 0.6) is 17.2 Å². The van der Waals surface area contributed by atoms with Gasteiger partial charge >= 0.3 is 5.97 Å². The molecule has 0 bridgehead atoms. The Labute approximate surface area is 173 Å². The average molecular weight is 437 g/mol. The van der Waals surface area contributed by atoms with Gasteiger partial charge in [-0.25, -0.2) is 0 Å². The summed E-state index contributed by atoms with van der Waals surface area (Å²) in [5.41, 5.74) is -1.05. The molecule has 8 nitrogen and oxygen atoms in total. The van der Waals surface area contributed by atoms with E-state index in [9.17, 15) is 19.5 Å². The van der Waals surface area contributed by atoms with E-state index >= 15 is 0 Å². The highest BCUT2D eigenvalue weighted by atomic mass is 35.5. The molecule has 1 aromatic heterocycles. The summed E-state index contributed by atoms with van der Waals surface area (Å²) in [5.74, 6) is -2.20. The molecule has 3 aromatic rings. The molecule has 0 aliphatic heterocycles. The van der Waals surface area contributed by atoms with Gasteiger partial charge in [-0.1, -0.05) is 29.3 Å². The summed E-state index contributed by atoms with van der Waals surface area (Å²) in [6, 6.07) is 9.36. The normalized spacial score (nSPS) is 10.7. The van der Waals surface area contributed by atoms with Crippen LogP contribution in [0.3, 0.4) is 0 Å². The number of nitrogens with zero attached hydrogens (tertiary/aromatic N) is 1. The van der Waals surface area contributed by atoms with Crippen molar-refractivity contribution in [2.24, 2.45) is 7.05 Å². The summed E-state index contributed by atoms with van der Waals surface area (Å²) in [7, 11) is 1.41. The molecule has 1 amide bonds. The monoisotopic (exact) mass is 436 g/mol. The van der Waals surface area contributed by atoms with Crippen LogP contribution in [0.15, 0.2) is 41.2 Å². The Balaban J connectivity index is 2.06. The number of carboxylic acid groups (broad SMARTS) is 1. The van der Waals surface area contributed by atoms with Crippen molar-refractivity contribution in [1.82, 2.24) is 9.88 Å². The molecule has 2 aromatic carbocycles. The highest BCUT2D eigenvalue weighted by molar-refractivity contribution is 6.42. The first-order valence-corrected chi connectivity index (χ1v) is 8.94. The number of ether oxygens (including phenoxy) is 1. The van der Waals surface area contributed by atoms with Crippen LogP contribution in [0.25, 0.3) is 10.9 Å². The Morgan fingerprint density at radius 2 is 1.93 bits per heavy atom. The van der Waals surface area contributed by atoms with Crippen molar-refractivity contribution in [3.05, 3.63) is 62.4 Å². The second-order valence-corrected chi connectivity index (χ2v) is 6.78. The minimum absolute atomic E-state index is 0.206. The number of hydrogen-bond donors (Lipinski definition) is 3. The van der Waals surface area contributed by atoms with Gasteiger partial charge in [-0.15, -0.1) is 0 Å². The highest BCUT2D eigenvalue weighted by Gasteiger charge is 2.22. The van der Waals surface area contributed by atoms with Crippen LogP contribution in [-0.4, -0.2) is 33.2 Å². The molecule has 150 valence electrons. The highest BCUT2D eigenvalue weighted by Crippen LogP contribution is 2.36. The van der Waals surface area contributed by atoms with E-state index in [1.807, 2.05) is 0 Å². The smallest absolute Gasteiger partial charge is 0.322 e. The van der Waals surface area contributed by atoms with Gasteiger partial charge < -0.3 is 24.8 Å². The molecular formula is C19H14Cl2N2O6. The van der Waals surface area contributed by atoms with Crippen molar-refractivity contribution in [2.45, 2.75) is 0 Å². The lowest BCUT2D eigenvalue weighted by molar-refractivity contribution is -0.135. The molecule has 0 aliphatic rings. The van der Waals surface area contributed by atoms with Gasteiger partial charge in [-0.3, -0.25) is 14.4 Å². The zero-order valence-electron chi connectivity index (χ0n) is 14.9. The number of rotatable bonds is 5. The zero-order chi connectivity index (χ0) is 21.3. The molecular weight excluding hydrogens is 423 g/mol. The molecule has 0 aliphatic carbocycles. The molecule has 3 N–H and O–H groups in total. The Bertz CT molecular complexity index is 1210. The number of nitrogens with one attached hydrogen (secondary N) is 1. The molecule has 10 heteroatoms. The second-order valence-electron chi connectivity index (χ2n) is 6.00. The SMILES string of the molecule is Cn1c(=O)c(C(=O)NCC(=O)O)c(O)c2ccc(Oc3cccc(Cl)c3Cl)cc21. The standard InChI is InChI=1S/C19H14Cl2N2O6/c1-23-12-7-9(29-13-4-2-3-11(20)16(13)21)5-6-10(12)17(26)15(19(23)28)18(27)22-8-14(24)25/h2-7,26H,8H2,1H3,(H,22,27)(H,24,25). The number of pyridine rings is 1. The van der Waals surface area contributed by atoms with Crippen LogP contribution in [-0.2, 0) is 11.8 Å². The summed E-state index contributed by atoms with van der Waals surface area (Å²) in [5, 5.41) is 21.9. The molecule has 29 heavy (non-hydrogen) atoms. The summed E-state index contributed by atoms with van der Waals surface area (Å²) >= 11 is 12.1. The number of benzene rings is 2. The number of carbonyl (C=O) groups excluding carboxylic acids is 1. The quantitative estimate of drug-likeness (QED) is 0.565. The minimum Gasteiger partial charge on any atom is -0.506 e. The zero-order valence-corrected chi connectivity index (χ0v) is 16.4. The summed E-state index contributed by atoms with van der Waals surface area (Å²) in [6.45, 7) is -0.688. The molecule has 0 radical (unpaired) electrons. The third kappa shape index (κ3) is 3.98. The topological polar surface area (TPSA) is 118 Å². The fourth-order valence-electron chi connectivity index (χ4n) is 2.70. The number of aromatic nitrogens is 1. The third-order valence-corrected chi connectivity index (χ3v) is 4.91. The van der Waals surface area contributed by atoms with Gasteiger partial charge in [0.25, 0.3) is 11.5 Å². The van der Waals surface area contributed by atoms with Crippen LogP contribution < -0.4 is 15.6 Å². The van der Waals surface area contributed by atoms with Crippen LogP contribution in [0.1, 0.15) is 10.4 Å². The van der Waals surface area contributed by atoms with E-state index in [0.29, 0.717) is 16.5 Å². The van der Waals surface area contributed by atoms with Crippen LogP contribution in [0.2, 0.25) is 10.0 Å². The number of hydrogen-bond acceptors (Lipinski definition) is 5. The fraction of sp³-hybridized carbons (Fsp3) is 0.105. The number of halogens is 2. The van der Waals surface area contributed by atoms with E-state index in [0.717, 1.165) is 4.57 Å². The van der Waals surface area contributed by atoms with E-state index < -0.39 is 35.3 Å². The van der Waals surface area contributed by atoms with E-state index in [-0.39, 0.29) is 15.9 Å². The molecule has 3 rings (SSSR count). The number of fused-ring (bicyclic) bond motifs is 1. The molecule has 0 unspecified atom stereocenters. The summed E-state index contributed by atoms with van der Waals surface area (Å²) in [4.78, 5) is 35.4. The van der Waals surface area contributed by atoms with Gasteiger partial charge in [0.05, 0.1) is 10.5 Å². The maximum atomic E-state index is 12.6. The van der Waals surface area contributed by atoms with Crippen LogP contribution in [0, 0.1) is 0 Å². The number of aryl methyl sites for hydroxylation is 1. The lowest BCUT2D eigenvalue weighted by Gasteiger charge is -2.14. The predicted molar refractivity (Wildman–Crippen MR) is 107 cm³/mol.